The summed E-state index contributed by atoms with van der Waals surface area (Å²) in [5, 5.41) is 7.53. The van der Waals surface area contributed by atoms with Crippen LogP contribution in [0.3, 0.4) is 0 Å². The van der Waals surface area contributed by atoms with E-state index < -0.39 is 0 Å². The van der Waals surface area contributed by atoms with Crippen molar-refractivity contribution in [2.75, 3.05) is 27.3 Å². The van der Waals surface area contributed by atoms with Crippen molar-refractivity contribution in [3.63, 3.8) is 0 Å². The maximum Gasteiger partial charge on any atom is 0.223 e. The lowest BCUT2D eigenvalue weighted by atomic mass is 9.92. The van der Waals surface area contributed by atoms with E-state index >= 15 is 0 Å². The number of H-pyrrole nitrogens is 1. The predicted octanol–water partition coefficient (Wildman–Crippen LogP) is 3.04. The molecule has 1 saturated heterocycles. The molecule has 2 aromatic rings. The van der Waals surface area contributed by atoms with Crippen LogP contribution in [0.5, 0.6) is 11.5 Å². The maximum absolute atomic E-state index is 12.3. The normalized spacial score (nSPS) is 19.4. The molecule has 1 aliphatic heterocycles. The fourth-order valence-corrected chi connectivity index (χ4v) is 3.66. The van der Waals surface area contributed by atoms with Crippen LogP contribution in [0.4, 0.5) is 0 Å². The van der Waals surface area contributed by atoms with Crippen molar-refractivity contribution in [1.82, 2.24) is 15.6 Å². The van der Waals surface area contributed by atoms with Crippen LogP contribution in [0.15, 0.2) is 18.2 Å². The molecule has 2 atom stereocenters. The molecule has 0 spiro atoms. The first kappa shape index (κ1) is 21.4. The number of fused-ring (bicyclic) bond motifs is 1. The summed E-state index contributed by atoms with van der Waals surface area (Å²) in [4.78, 5) is 15.7. The number of hydrogen-bond donors (Lipinski definition) is 3. The molecule has 0 radical (unpaired) electrons. The Kier molecular flexibility index (Phi) is 7.80. The van der Waals surface area contributed by atoms with Crippen LogP contribution in [0, 0.1) is 5.92 Å². The average molecular weight is 396 g/mol. The molecule has 1 aromatic heterocycles. The van der Waals surface area contributed by atoms with Crippen molar-refractivity contribution < 1.29 is 14.3 Å². The van der Waals surface area contributed by atoms with Gasteiger partial charge < -0.3 is 25.1 Å². The fourth-order valence-electron chi connectivity index (χ4n) is 3.66. The van der Waals surface area contributed by atoms with Gasteiger partial charge >= 0.3 is 0 Å². The standard InChI is InChI=1S/C20H29N3O3.ClH/c1-13-9-14(6-8-21-13)20(24)22-7-4-5-15-10-17-18(23-15)11-16(25-2)12-19(17)26-3;/h10-14,21,23H,4-9H2,1-3H3,(H,22,24);1H/t13-,14-;/m0./s1. The maximum atomic E-state index is 12.3. The van der Waals surface area contributed by atoms with Gasteiger partial charge in [0.2, 0.25) is 5.91 Å². The van der Waals surface area contributed by atoms with Crippen LogP contribution in [0.2, 0.25) is 0 Å². The summed E-state index contributed by atoms with van der Waals surface area (Å²) in [6.07, 6.45) is 3.64. The summed E-state index contributed by atoms with van der Waals surface area (Å²) in [5.74, 6) is 1.92. The van der Waals surface area contributed by atoms with Gasteiger partial charge in [-0.2, -0.15) is 0 Å². The number of aromatic amines is 1. The number of halogens is 1. The summed E-state index contributed by atoms with van der Waals surface area (Å²) < 4.78 is 10.8. The number of aromatic nitrogens is 1. The molecule has 1 aliphatic rings. The smallest absolute Gasteiger partial charge is 0.223 e. The lowest BCUT2D eigenvalue weighted by molar-refractivity contribution is -0.126. The third kappa shape index (κ3) is 5.30. The molecule has 1 fully saturated rings. The lowest BCUT2D eigenvalue weighted by Crippen LogP contribution is -2.42. The Morgan fingerprint density at radius 2 is 2.07 bits per heavy atom. The number of rotatable bonds is 7. The van der Waals surface area contributed by atoms with Crippen LogP contribution in [0.25, 0.3) is 10.9 Å². The van der Waals surface area contributed by atoms with Gasteiger partial charge in [0.1, 0.15) is 11.5 Å². The summed E-state index contributed by atoms with van der Waals surface area (Å²) >= 11 is 0. The van der Waals surface area contributed by atoms with Crippen molar-refractivity contribution in [2.24, 2.45) is 5.92 Å². The van der Waals surface area contributed by atoms with E-state index in [-0.39, 0.29) is 24.2 Å². The number of benzene rings is 1. The number of aryl methyl sites for hydroxylation is 1. The second kappa shape index (κ2) is 9.85. The molecule has 27 heavy (non-hydrogen) atoms. The Morgan fingerprint density at radius 3 is 2.78 bits per heavy atom. The predicted molar refractivity (Wildman–Crippen MR) is 110 cm³/mol. The zero-order valence-corrected chi connectivity index (χ0v) is 17.1. The molecule has 0 bridgehead atoms. The van der Waals surface area contributed by atoms with Crippen LogP contribution in [0.1, 0.15) is 31.9 Å². The van der Waals surface area contributed by atoms with Gasteiger partial charge in [0.25, 0.3) is 0 Å². The summed E-state index contributed by atoms with van der Waals surface area (Å²) in [6, 6.07) is 6.41. The number of amides is 1. The molecule has 1 aromatic carbocycles. The third-order valence-electron chi connectivity index (χ3n) is 5.10. The number of nitrogens with one attached hydrogen (secondary N) is 3. The summed E-state index contributed by atoms with van der Waals surface area (Å²) in [7, 11) is 3.31. The molecular weight excluding hydrogens is 366 g/mol. The van der Waals surface area contributed by atoms with E-state index in [1.165, 1.54) is 0 Å². The minimum Gasteiger partial charge on any atom is -0.497 e. The quantitative estimate of drug-likeness (QED) is 0.630. The zero-order valence-electron chi connectivity index (χ0n) is 16.3. The molecule has 1 amide bonds. The Balaban J connectivity index is 0.00000261. The number of carbonyl (C=O) groups is 1. The fraction of sp³-hybridized carbons (Fsp3) is 0.550. The van der Waals surface area contributed by atoms with Crippen LogP contribution in [-0.2, 0) is 11.2 Å². The molecule has 3 rings (SSSR count). The molecule has 150 valence electrons. The van der Waals surface area contributed by atoms with Crippen LogP contribution >= 0.6 is 12.4 Å². The first-order valence-corrected chi connectivity index (χ1v) is 9.35. The summed E-state index contributed by atoms with van der Waals surface area (Å²) in [6.45, 7) is 3.77. The van der Waals surface area contributed by atoms with Gasteiger partial charge in [-0.15, -0.1) is 12.4 Å². The monoisotopic (exact) mass is 395 g/mol. The van der Waals surface area contributed by atoms with E-state index in [9.17, 15) is 4.79 Å². The molecule has 6 nitrogen and oxygen atoms in total. The van der Waals surface area contributed by atoms with Gasteiger partial charge in [-0.3, -0.25) is 4.79 Å². The molecule has 0 unspecified atom stereocenters. The minimum atomic E-state index is 0. The van der Waals surface area contributed by atoms with E-state index in [4.69, 9.17) is 9.47 Å². The number of ether oxygens (including phenoxy) is 2. The van der Waals surface area contributed by atoms with E-state index in [2.05, 4.69) is 28.6 Å². The van der Waals surface area contributed by atoms with Gasteiger partial charge in [-0.1, -0.05) is 0 Å². The van der Waals surface area contributed by atoms with Crippen LogP contribution in [-0.4, -0.2) is 44.2 Å². The Hall–Kier alpha value is -1.92. The van der Waals surface area contributed by atoms with Gasteiger partial charge in [-0.05, 0) is 45.2 Å². The highest BCUT2D eigenvalue weighted by Gasteiger charge is 2.24. The van der Waals surface area contributed by atoms with Crippen molar-refractivity contribution in [2.45, 2.75) is 38.6 Å². The number of piperidine rings is 1. The van der Waals surface area contributed by atoms with Gasteiger partial charge in [-0.25, -0.2) is 0 Å². The number of carbonyl (C=O) groups excluding carboxylic acids is 1. The van der Waals surface area contributed by atoms with E-state index in [1.54, 1.807) is 14.2 Å². The highest BCUT2D eigenvalue weighted by Crippen LogP contribution is 2.31. The average Bonchev–Trinajstić information content (AvgIpc) is 3.06. The van der Waals surface area contributed by atoms with Crippen molar-refractivity contribution in [3.8, 4) is 11.5 Å². The highest BCUT2D eigenvalue weighted by atomic mass is 35.5. The third-order valence-corrected chi connectivity index (χ3v) is 5.10. The Bertz CT molecular complexity index is 762. The van der Waals surface area contributed by atoms with Crippen molar-refractivity contribution >= 4 is 29.2 Å². The summed E-state index contributed by atoms with van der Waals surface area (Å²) in [5.41, 5.74) is 2.14. The molecule has 2 heterocycles. The molecule has 0 saturated carbocycles. The van der Waals surface area contributed by atoms with Crippen molar-refractivity contribution in [1.29, 1.82) is 0 Å². The lowest BCUT2D eigenvalue weighted by Gasteiger charge is -2.27. The highest BCUT2D eigenvalue weighted by molar-refractivity contribution is 5.88. The Morgan fingerprint density at radius 1 is 1.26 bits per heavy atom. The van der Waals surface area contributed by atoms with Gasteiger partial charge in [0, 0.05) is 41.7 Å². The van der Waals surface area contributed by atoms with Crippen molar-refractivity contribution in [3.05, 3.63) is 23.9 Å². The van der Waals surface area contributed by atoms with E-state index in [1.807, 2.05) is 12.1 Å². The minimum absolute atomic E-state index is 0. The topological polar surface area (TPSA) is 75.4 Å². The largest absolute Gasteiger partial charge is 0.497 e. The molecule has 7 heteroatoms. The zero-order chi connectivity index (χ0) is 18.5. The van der Waals surface area contributed by atoms with Gasteiger partial charge in [0.15, 0.2) is 0 Å². The van der Waals surface area contributed by atoms with E-state index in [0.29, 0.717) is 12.6 Å². The Labute approximate surface area is 166 Å². The first-order valence-electron chi connectivity index (χ1n) is 9.35. The second-order valence-corrected chi connectivity index (χ2v) is 7.06. The second-order valence-electron chi connectivity index (χ2n) is 7.06. The van der Waals surface area contributed by atoms with Crippen LogP contribution < -0.4 is 20.1 Å². The molecule has 0 aliphatic carbocycles. The van der Waals surface area contributed by atoms with Gasteiger partial charge in [0.05, 0.1) is 19.7 Å². The number of methoxy groups -OCH3 is 2. The SMILES string of the molecule is COc1cc(OC)c2cc(CCCNC(=O)[C@H]3CCN[C@@H](C)C3)[nH]c2c1.Cl. The van der Waals surface area contributed by atoms with E-state index in [0.717, 1.165) is 60.3 Å². The molecule has 3 N–H and O–H groups in total. The molecular formula is C20H30ClN3O3. The number of hydrogen-bond acceptors (Lipinski definition) is 4. The first-order chi connectivity index (χ1) is 12.6.